The van der Waals surface area contributed by atoms with E-state index in [2.05, 4.69) is 58.0 Å². The maximum absolute atomic E-state index is 14.8. The molecule has 0 bridgehead atoms. The van der Waals surface area contributed by atoms with E-state index in [-0.39, 0.29) is 5.82 Å². The predicted octanol–water partition coefficient (Wildman–Crippen LogP) is 8.33. The van der Waals surface area contributed by atoms with Crippen molar-refractivity contribution in [1.29, 1.82) is 0 Å². The highest BCUT2D eigenvalue weighted by Gasteiger charge is 2.20. The molecule has 0 saturated heterocycles. The molecule has 1 saturated carbocycles. The van der Waals surface area contributed by atoms with E-state index in [1.165, 1.54) is 49.7 Å². The summed E-state index contributed by atoms with van der Waals surface area (Å²) in [7, 11) is 0. The SMILES string of the molecule is CC(C)CCC(C)c1ccc(-c2ccc(C3CCC(C)CC3)cc2F)cc1. The quantitative estimate of drug-likeness (QED) is 0.482. The zero-order valence-electron chi connectivity index (χ0n) is 17.5. The summed E-state index contributed by atoms with van der Waals surface area (Å²) in [5.74, 6) is 2.58. The highest BCUT2D eigenvalue weighted by molar-refractivity contribution is 5.65. The van der Waals surface area contributed by atoms with Crippen LogP contribution in [0.4, 0.5) is 4.39 Å². The van der Waals surface area contributed by atoms with Gasteiger partial charge in [0.05, 0.1) is 0 Å². The van der Waals surface area contributed by atoms with Crippen molar-refractivity contribution in [2.75, 3.05) is 0 Å². The Bertz CT molecular complexity index is 720. The first-order valence-corrected chi connectivity index (χ1v) is 10.8. The van der Waals surface area contributed by atoms with Gasteiger partial charge >= 0.3 is 0 Å². The minimum atomic E-state index is -0.0771. The first-order valence-electron chi connectivity index (χ1n) is 10.8. The van der Waals surface area contributed by atoms with Crippen LogP contribution in [0.15, 0.2) is 42.5 Å². The zero-order valence-corrected chi connectivity index (χ0v) is 17.5. The zero-order chi connectivity index (χ0) is 19.4. The molecule has 0 radical (unpaired) electrons. The third-order valence-electron chi connectivity index (χ3n) is 6.45. The third kappa shape index (κ3) is 5.21. The van der Waals surface area contributed by atoms with Crippen LogP contribution >= 0.6 is 0 Å². The molecule has 0 aromatic heterocycles. The number of halogens is 1. The monoisotopic (exact) mass is 366 g/mol. The van der Waals surface area contributed by atoms with Gasteiger partial charge in [0.2, 0.25) is 0 Å². The molecule has 146 valence electrons. The van der Waals surface area contributed by atoms with Crippen LogP contribution in [0.3, 0.4) is 0 Å². The summed E-state index contributed by atoms with van der Waals surface area (Å²) in [4.78, 5) is 0. The Morgan fingerprint density at radius 1 is 0.889 bits per heavy atom. The van der Waals surface area contributed by atoms with Gasteiger partial charge in [0.15, 0.2) is 0 Å². The molecule has 1 unspecified atom stereocenters. The molecule has 2 aromatic carbocycles. The lowest BCUT2D eigenvalue weighted by Crippen LogP contribution is -2.11. The lowest BCUT2D eigenvalue weighted by Gasteiger charge is -2.26. The van der Waals surface area contributed by atoms with Crippen LogP contribution in [0.5, 0.6) is 0 Å². The van der Waals surface area contributed by atoms with Crippen molar-refractivity contribution < 1.29 is 4.39 Å². The number of hydrogen-bond acceptors (Lipinski definition) is 0. The van der Waals surface area contributed by atoms with Crippen molar-refractivity contribution in [3.8, 4) is 11.1 Å². The second kappa shape index (κ2) is 9.04. The van der Waals surface area contributed by atoms with Crippen LogP contribution in [0.25, 0.3) is 11.1 Å². The summed E-state index contributed by atoms with van der Waals surface area (Å²) >= 11 is 0. The molecule has 1 aliphatic rings. The van der Waals surface area contributed by atoms with Gasteiger partial charge in [-0.05, 0) is 65.7 Å². The number of benzene rings is 2. The number of rotatable bonds is 6. The van der Waals surface area contributed by atoms with Gasteiger partial charge in [0, 0.05) is 5.56 Å². The van der Waals surface area contributed by atoms with E-state index >= 15 is 0 Å². The Kier molecular flexibility index (Phi) is 6.73. The molecule has 2 aromatic rings. The van der Waals surface area contributed by atoms with Crippen LogP contribution in [0.1, 0.15) is 89.2 Å². The van der Waals surface area contributed by atoms with E-state index < -0.39 is 0 Å². The molecule has 0 amide bonds. The Labute approximate surface area is 165 Å². The Morgan fingerprint density at radius 2 is 1.56 bits per heavy atom. The van der Waals surface area contributed by atoms with Gasteiger partial charge in [0.25, 0.3) is 0 Å². The minimum Gasteiger partial charge on any atom is -0.206 e. The van der Waals surface area contributed by atoms with Crippen molar-refractivity contribution in [3.05, 3.63) is 59.4 Å². The summed E-state index contributed by atoms with van der Waals surface area (Å²) in [6.45, 7) is 9.16. The minimum absolute atomic E-state index is 0.0771. The summed E-state index contributed by atoms with van der Waals surface area (Å²) < 4.78 is 14.8. The summed E-state index contributed by atoms with van der Waals surface area (Å²) in [5.41, 5.74) is 4.25. The molecular formula is C26H35F. The maximum Gasteiger partial charge on any atom is 0.131 e. The second-order valence-corrected chi connectivity index (χ2v) is 9.19. The molecular weight excluding hydrogens is 331 g/mol. The predicted molar refractivity (Wildman–Crippen MR) is 115 cm³/mol. The van der Waals surface area contributed by atoms with E-state index in [0.29, 0.717) is 11.8 Å². The molecule has 1 heteroatoms. The maximum atomic E-state index is 14.8. The van der Waals surface area contributed by atoms with Crippen LogP contribution in [-0.2, 0) is 0 Å². The van der Waals surface area contributed by atoms with Crippen LogP contribution in [0.2, 0.25) is 0 Å². The third-order valence-corrected chi connectivity index (χ3v) is 6.45. The first-order chi connectivity index (χ1) is 12.9. The molecule has 0 N–H and O–H groups in total. The first kappa shape index (κ1) is 20.1. The lowest BCUT2D eigenvalue weighted by molar-refractivity contribution is 0.347. The van der Waals surface area contributed by atoms with Crippen molar-refractivity contribution in [1.82, 2.24) is 0 Å². The smallest absolute Gasteiger partial charge is 0.131 e. The average molecular weight is 367 g/mol. The van der Waals surface area contributed by atoms with E-state index in [4.69, 9.17) is 0 Å². The van der Waals surface area contributed by atoms with Crippen LogP contribution in [0, 0.1) is 17.7 Å². The van der Waals surface area contributed by atoms with Crippen LogP contribution in [-0.4, -0.2) is 0 Å². The molecule has 0 spiro atoms. The van der Waals surface area contributed by atoms with E-state index in [1.807, 2.05) is 6.07 Å². The molecule has 1 fully saturated rings. The molecule has 1 aliphatic carbocycles. The summed E-state index contributed by atoms with van der Waals surface area (Å²) in [6.07, 6.45) is 7.39. The van der Waals surface area contributed by atoms with Crippen molar-refractivity contribution in [2.24, 2.45) is 11.8 Å². The van der Waals surface area contributed by atoms with Gasteiger partial charge < -0.3 is 0 Å². The standard InChI is InChI=1S/C26H35F/c1-18(2)5-8-20(4)21-11-13-23(14-12-21)25-16-15-24(17-26(25)27)22-9-6-19(3)7-10-22/h11-20,22H,5-10H2,1-4H3. The number of hydrogen-bond donors (Lipinski definition) is 0. The van der Waals surface area contributed by atoms with Crippen molar-refractivity contribution in [3.63, 3.8) is 0 Å². The Hall–Kier alpha value is -1.63. The fraction of sp³-hybridized carbons (Fsp3) is 0.538. The van der Waals surface area contributed by atoms with Gasteiger partial charge in [-0.1, -0.05) is 83.4 Å². The lowest BCUT2D eigenvalue weighted by atomic mass is 9.79. The Balaban J connectivity index is 1.71. The van der Waals surface area contributed by atoms with Gasteiger partial charge in [0.1, 0.15) is 5.82 Å². The molecule has 27 heavy (non-hydrogen) atoms. The van der Waals surface area contributed by atoms with Crippen molar-refractivity contribution >= 4 is 0 Å². The normalized spacial score (nSPS) is 21.4. The fourth-order valence-electron chi connectivity index (χ4n) is 4.35. The molecule has 0 nitrogen and oxygen atoms in total. The highest BCUT2D eigenvalue weighted by atomic mass is 19.1. The molecule has 0 aliphatic heterocycles. The second-order valence-electron chi connectivity index (χ2n) is 9.19. The van der Waals surface area contributed by atoms with Crippen molar-refractivity contribution in [2.45, 2.75) is 78.1 Å². The van der Waals surface area contributed by atoms with Gasteiger partial charge in [-0.25, -0.2) is 4.39 Å². The molecule has 1 atom stereocenters. The van der Waals surface area contributed by atoms with Gasteiger partial charge in [-0.15, -0.1) is 0 Å². The van der Waals surface area contributed by atoms with Crippen LogP contribution < -0.4 is 0 Å². The topological polar surface area (TPSA) is 0 Å². The average Bonchev–Trinajstić information content (AvgIpc) is 2.67. The van der Waals surface area contributed by atoms with Gasteiger partial charge in [-0.3, -0.25) is 0 Å². The fourth-order valence-corrected chi connectivity index (χ4v) is 4.35. The molecule has 3 rings (SSSR count). The van der Waals surface area contributed by atoms with Gasteiger partial charge in [-0.2, -0.15) is 0 Å². The largest absolute Gasteiger partial charge is 0.206 e. The summed E-state index contributed by atoms with van der Waals surface area (Å²) in [6, 6.07) is 14.4. The van der Waals surface area contributed by atoms with E-state index in [1.54, 1.807) is 6.07 Å². The summed E-state index contributed by atoms with van der Waals surface area (Å²) in [5, 5.41) is 0. The van der Waals surface area contributed by atoms with E-state index in [9.17, 15) is 4.39 Å². The molecule has 0 heterocycles. The Morgan fingerprint density at radius 3 is 2.15 bits per heavy atom. The highest BCUT2D eigenvalue weighted by Crippen LogP contribution is 2.37. The van der Waals surface area contributed by atoms with E-state index in [0.717, 1.165) is 23.0 Å².